The molecule has 0 aliphatic carbocycles. The lowest BCUT2D eigenvalue weighted by atomic mass is 10.1. The second-order valence-electron chi connectivity index (χ2n) is 4.60. The fourth-order valence-electron chi connectivity index (χ4n) is 2.02. The molecule has 0 saturated heterocycles. The van der Waals surface area contributed by atoms with Crippen LogP contribution < -0.4 is 11.1 Å². The van der Waals surface area contributed by atoms with Gasteiger partial charge in [0, 0.05) is 22.0 Å². The van der Waals surface area contributed by atoms with Crippen molar-refractivity contribution in [2.75, 3.05) is 24.4 Å². The molecule has 0 heterocycles. The van der Waals surface area contributed by atoms with Crippen LogP contribution in [0.3, 0.4) is 0 Å². The summed E-state index contributed by atoms with van der Waals surface area (Å²) in [5.41, 5.74) is 9.36. The molecule has 2 rings (SSSR count). The smallest absolute Gasteiger partial charge is 0.340 e. The zero-order valence-electron chi connectivity index (χ0n) is 12.3. The third-order valence-corrected chi connectivity index (χ3v) is 3.88. The highest BCUT2D eigenvalue weighted by Gasteiger charge is 2.13. The van der Waals surface area contributed by atoms with Gasteiger partial charge < -0.3 is 15.8 Å². The summed E-state index contributed by atoms with van der Waals surface area (Å²) in [6.45, 7) is 1.87. The van der Waals surface area contributed by atoms with Crippen LogP contribution in [0.1, 0.15) is 15.9 Å². The van der Waals surface area contributed by atoms with Gasteiger partial charge in [0.15, 0.2) is 0 Å². The molecular formula is C16H18N2O2S. The predicted molar refractivity (Wildman–Crippen MR) is 88.4 cm³/mol. The van der Waals surface area contributed by atoms with Gasteiger partial charge in [-0.05, 0) is 49.1 Å². The number of anilines is 3. The quantitative estimate of drug-likeness (QED) is 0.510. The molecule has 3 N–H and O–H groups in total. The molecule has 0 spiro atoms. The Hall–Kier alpha value is -2.14. The maximum absolute atomic E-state index is 11.8. The Kier molecular flexibility index (Phi) is 4.75. The van der Waals surface area contributed by atoms with Crippen LogP contribution in [-0.4, -0.2) is 19.3 Å². The van der Waals surface area contributed by atoms with Crippen LogP contribution in [0.5, 0.6) is 0 Å². The molecule has 0 unspecified atom stereocenters. The van der Waals surface area contributed by atoms with Crippen LogP contribution in [0.15, 0.2) is 41.3 Å². The molecule has 0 amide bonds. The zero-order chi connectivity index (χ0) is 15.4. The zero-order valence-corrected chi connectivity index (χ0v) is 13.1. The number of nitrogens with one attached hydrogen (secondary N) is 1. The van der Waals surface area contributed by atoms with Gasteiger partial charge in [-0.25, -0.2) is 4.79 Å². The Morgan fingerprint density at radius 2 is 2.00 bits per heavy atom. The van der Waals surface area contributed by atoms with Crippen molar-refractivity contribution in [1.82, 2.24) is 0 Å². The molecule has 0 aliphatic heterocycles. The summed E-state index contributed by atoms with van der Waals surface area (Å²) in [7, 11) is 1.35. The lowest BCUT2D eigenvalue weighted by molar-refractivity contribution is 0.0602. The topological polar surface area (TPSA) is 64.3 Å². The van der Waals surface area contributed by atoms with Crippen LogP contribution in [0.2, 0.25) is 0 Å². The summed E-state index contributed by atoms with van der Waals surface area (Å²) in [4.78, 5) is 12.9. The number of thioether (sulfide) groups is 1. The minimum Gasteiger partial charge on any atom is -0.465 e. The molecular weight excluding hydrogens is 284 g/mol. The molecule has 0 atom stereocenters. The highest BCUT2D eigenvalue weighted by atomic mass is 32.2. The van der Waals surface area contributed by atoms with Gasteiger partial charge >= 0.3 is 5.97 Å². The lowest BCUT2D eigenvalue weighted by Crippen LogP contribution is -2.08. The number of aryl methyl sites for hydroxylation is 1. The van der Waals surface area contributed by atoms with E-state index in [0.717, 1.165) is 16.9 Å². The Morgan fingerprint density at radius 1 is 1.24 bits per heavy atom. The average molecular weight is 302 g/mol. The number of esters is 1. The third kappa shape index (κ3) is 3.49. The van der Waals surface area contributed by atoms with Crippen molar-refractivity contribution in [3.8, 4) is 0 Å². The maximum Gasteiger partial charge on any atom is 0.340 e. The Labute approximate surface area is 128 Å². The van der Waals surface area contributed by atoms with Crippen LogP contribution in [0.25, 0.3) is 0 Å². The molecule has 21 heavy (non-hydrogen) atoms. The van der Waals surface area contributed by atoms with E-state index >= 15 is 0 Å². The summed E-state index contributed by atoms with van der Waals surface area (Å²) in [5, 5.41) is 3.29. The fraction of sp³-hybridized carbons (Fsp3) is 0.188. The predicted octanol–water partition coefficient (Wildman–Crippen LogP) is 3.83. The van der Waals surface area contributed by atoms with Gasteiger partial charge in [-0.15, -0.1) is 11.8 Å². The first kappa shape index (κ1) is 15.3. The summed E-state index contributed by atoms with van der Waals surface area (Å²) in [5.74, 6) is -0.433. The van der Waals surface area contributed by atoms with Crippen molar-refractivity contribution in [2.24, 2.45) is 0 Å². The van der Waals surface area contributed by atoms with Crippen molar-refractivity contribution < 1.29 is 9.53 Å². The SMILES string of the molecule is COC(=O)c1cc(Nc2cccc(SC)c2)cc(C)c1N. The van der Waals surface area contributed by atoms with Gasteiger partial charge in [0.2, 0.25) is 0 Å². The van der Waals surface area contributed by atoms with Crippen LogP contribution in [-0.2, 0) is 4.74 Å². The standard InChI is InChI=1S/C16H18N2O2S/c1-10-7-12(9-14(15(10)17)16(19)20-2)18-11-5-4-6-13(8-11)21-3/h4-9,18H,17H2,1-3H3. The molecule has 110 valence electrons. The summed E-state index contributed by atoms with van der Waals surface area (Å²) in [6, 6.07) is 11.7. The number of carbonyl (C=O) groups excluding carboxylic acids is 1. The highest BCUT2D eigenvalue weighted by Crippen LogP contribution is 2.27. The van der Waals surface area contributed by atoms with E-state index in [1.165, 1.54) is 12.0 Å². The van der Waals surface area contributed by atoms with E-state index in [-0.39, 0.29) is 0 Å². The van der Waals surface area contributed by atoms with Gasteiger partial charge in [0.1, 0.15) is 0 Å². The second kappa shape index (κ2) is 6.54. The van der Waals surface area contributed by atoms with Gasteiger partial charge in [-0.1, -0.05) is 6.07 Å². The molecule has 0 aromatic heterocycles. The Bertz CT molecular complexity index is 671. The minimum atomic E-state index is -0.433. The number of nitrogen functional groups attached to an aromatic ring is 1. The third-order valence-electron chi connectivity index (χ3n) is 3.15. The Balaban J connectivity index is 2.36. The first-order valence-corrected chi connectivity index (χ1v) is 7.67. The largest absolute Gasteiger partial charge is 0.465 e. The van der Waals surface area contributed by atoms with Crippen LogP contribution in [0.4, 0.5) is 17.1 Å². The second-order valence-corrected chi connectivity index (χ2v) is 5.48. The molecule has 0 radical (unpaired) electrons. The molecule has 0 aliphatic rings. The first-order chi connectivity index (χ1) is 10.0. The van der Waals surface area contributed by atoms with E-state index in [4.69, 9.17) is 10.5 Å². The van der Waals surface area contributed by atoms with Crippen molar-refractivity contribution >= 4 is 34.8 Å². The number of carbonyl (C=O) groups is 1. The van der Waals surface area contributed by atoms with Gasteiger partial charge in [0.25, 0.3) is 0 Å². The van der Waals surface area contributed by atoms with Crippen molar-refractivity contribution in [3.05, 3.63) is 47.5 Å². The summed E-state index contributed by atoms with van der Waals surface area (Å²) >= 11 is 1.68. The fourth-order valence-corrected chi connectivity index (χ4v) is 2.48. The van der Waals surface area contributed by atoms with Crippen molar-refractivity contribution in [3.63, 3.8) is 0 Å². The molecule has 0 saturated carbocycles. The lowest BCUT2D eigenvalue weighted by Gasteiger charge is -2.13. The van der Waals surface area contributed by atoms with Gasteiger partial charge in [0.05, 0.1) is 12.7 Å². The van der Waals surface area contributed by atoms with Crippen molar-refractivity contribution in [1.29, 1.82) is 0 Å². The molecule has 2 aromatic carbocycles. The molecule has 0 bridgehead atoms. The van der Waals surface area contributed by atoms with Gasteiger partial charge in [-0.2, -0.15) is 0 Å². The van der Waals surface area contributed by atoms with E-state index in [2.05, 4.69) is 5.32 Å². The maximum atomic E-state index is 11.8. The number of nitrogens with two attached hydrogens (primary N) is 1. The summed E-state index contributed by atoms with van der Waals surface area (Å²) < 4.78 is 4.76. The van der Waals surface area contributed by atoms with Crippen LogP contribution in [0, 0.1) is 6.92 Å². The molecule has 0 fully saturated rings. The molecule has 5 heteroatoms. The van der Waals surface area contributed by atoms with E-state index < -0.39 is 5.97 Å². The number of methoxy groups -OCH3 is 1. The molecule has 2 aromatic rings. The van der Waals surface area contributed by atoms with E-state index in [1.807, 2.05) is 43.5 Å². The number of rotatable bonds is 4. The highest BCUT2D eigenvalue weighted by molar-refractivity contribution is 7.98. The summed E-state index contributed by atoms with van der Waals surface area (Å²) in [6.07, 6.45) is 2.03. The number of hydrogen-bond donors (Lipinski definition) is 2. The number of hydrogen-bond acceptors (Lipinski definition) is 5. The van der Waals surface area contributed by atoms with Gasteiger partial charge in [-0.3, -0.25) is 0 Å². The number of benzene rings is 2. The van der Waals surface area contributed by atoms with E-state index in [1.54, 1.807) is 17.8 Å². The van der Waals surface area contributed by atoms with E-state index in [0.29, 0.717) is 11.3 Å². The Morgan fingerprint density at radius 3 is 2.67 bits per heavy atom. The first-order valence-electron chi connectivity index (χ1n) is 6.44. The normalized spacial score (nSPS) is 10.2. The minimum absolute atomic E-state index is 0.376. The van der Waals surface area contributed by atoms with Crippen LogP contribution >= 0.6 is 11.8 Å². The monoisotopic (exact) mass is 302 g/mol. The average Bonchev–Trinajstić information content (AvgIpc) is 2.50. The number of ether oxygens (including phenoxy) is 1. The molecule has 4 nitrogen and oxygen atoms in total. The van der Waals surface area contributed by atoms with Crippen molar-refractivity contribution in [2.45, 2.75) is 11.8 Å². The van der Waals surface area contributed by atoms with E-state index in [9.17, 15) is 4.79 Å².